The number of aromatic hydroxyl groups is 1. The number of carbonyl (C=O) groups excluding carboxylic acids is 1. The highest BCUT2D eigenvalue weighted by Gasteiger charge is 2.13. The average molecular weight is 548 g/mol. The number of hydrogen-bond donors (Lipinski definition) is 3. The van der Waals surface area contributed by atoms with Crippen LogP contribution < -0.4 is 10.7 Å². The lowest BCUT2D eigenvalue weighted by atomic mass is 10.2. The number of aromatic nitrogens is 3. The zero-order chi connectivity index (χ0) is 22.1. The van der Waals surface area contributed by atoms with E-state index in [2.05, 4.69) is 55.2 Å². The van der Waals surface area contributed by atoms with Gasteiger partial charge in [0.05, 0.1) is 18.5 Å². The van der Waals surface area contributed by atoms with Crippen molar-refractivity contribution >= 4 is 52.2 Å². The summed E-state index contributed by atoms with van der Waals surface area (Å²) in [5.74, 6) is 0.757. The van der Waals surface area contributed by atoms with E-state index in [-0.39, 0.29) is 17.4 Å². The van der Waals surface area contributed by atoms with E-state index in [0.717, 1.165) is 11.5 Å². The van der Waals surface area contributed by atoms with Crippen molar-refractivity contribution in [2.75, 3.05) is 11.1 Å². The van der Waals surface area contributed by atoms with Crippen molar-refractivity contribution < 1.29 is 9.90 Å². The third kappa shape index (κ3) is 7.10. The first-order valence-electron chi connectivity index (χ1n) is 9.31. The molecule has 0 aliphatic carbocycles. The van der Waals surface area contributed by atoms with Crippen LogP contribution in [0, 0.1) is 3.57 Å². The molecule has 10 heteroatoms. The maximum absolute atomic E-state index is 12.1. The van der Waals surface area contributed by atoms with Crippen molar-refractivity contribution in [2.45, 2.75) is 18.2 Å². The molecule has 31 heavy (non-hydrogen) atoms. The summed E-state index contributed by atoms with van der Waals surface area (Å²) in [5.41, 5.74) is 4.14. The van der Waals surface area contributed by atoms with Gasteiger partial charge in [-0.05, 0) is 64.6 Å². The van der Waals surface area contributed by atoms with Gasteiger partial charge in [-0.2, -0.15) is 5.10 Å². The summed E-state index contributed by atoms with van der Waals surface area (Å²) in [6.07, 6.45) is 3.23. The Morgan fingerprint density at radius 2 is 2.06 bits per heavy atom. The van der Waals surface area contributed by atoms with Crippen LogP contribution >= 0.6 is 34.4 Å². The minimum absolute atomic E-state index is 0.136. The minimum Gasteiger partial charge on any atom is -0.508 e. The molecule has 8 nitrogen and oxygen atoms in total. The number of phenols is 1. The third-order valence-electron chi connectivity index (χ3n) is 4.01. The van der Waals surface area contributed by atoms with Gasteiger partial charge < -0.3 is 15.0 Å². The van der Waals surface area contributed by atoms with Crippen LogP contribution in [0.5, 0.6) is 5.75 Å². The lowest BCUT2D eigenvalue weighted by Gasteiger charge is -2.09. The van der Waals surface area contributed by atoms with Gasteiger partial charge in [0.25, 0.3) is 5.91 Å². The molecule has 0 unspecified atom stereocenters. The van der Waals surface area contributed by atoms with Crippen LogP contribution in [-0.2, 0) is 17.9 Å². The first-order chi connectivity index (χ1) is 15.0. The van der Waals surface area contributed by atoms with Gasteiger partial charge in [-0.3, -0.25) is 4.79 Å². The van der Waals surface area contributed by atoms with Crippen LogP contribution in [-0.4, -0.2) is 37.7 Å². The number of allylic oxidation sites excluding steroid dienone is 1. The number of halogens is 1. The van der Waals surface area contributed by atoms with Crippen molar-refractivity contribution in [1.29, 1.82) is 0 Å². The second-order valence-electron chi connectivity index (χ2n) is 6.34. The summed E-state index contributed by atoms with van der Waals surface area (Å²) >= 11 is 3.54. The van der Waals surface area contributed by atoms with E-state index in [0.29, 0.717) is 23.8 Å². The van der Waals surface area contributed by atoms with Gasteiger partial charge in [-0.1, -0.05) is 30.0 Å². The van der Waals surface area contributed by atoms with E-state index in [1.165, 1.54) is 21.5 Å². The number of thioether (sulfide) groups is 1. The molecule has 3 rings (SSSR count). The number of nitrogens with one attached hydrogen (secondary N) is 2. The Balaban J connectivity index is 1.54. The fourth-order valence-corrected chi connectivity index (χ4v) is 3.68. The molecule has 160 valence electrons. The molecule has 1 amide bonds. The Hall–Kier alpha value is -2.86. The molecule has 0 fully saturated rings. The number of amides is 1. The first kappa shape index (κ1) is 22.8. The largest absolute Gasteiger partial charge is 0.508 e. The molecule has 0 spiro atoms. The number of anilines is 1. The summed E-state index contributed by atoms with van der Waals surface area (Å²) in [4.78, 5) is 12.1. The molecule has 1 aromatic heterocycles. The molecule has 0 saturated heterocycles. The maximum Gasteiger partial charge on any atom is 0.250 e. The molecule has 1 heterocycles. The van der Waals surface area contributed by atoms with E-state index in [1.54, 1.807) is 30.3 Å². The minimum atomic E-state index is -0.270. The normalized spacial score (nSPS) is 10.9. The van der Waals surface area contributed by atoms with E-state index in [4.69, 9.17) is 0 Å². The quantitative estimate of drug-likeness (QED) is 0.118. The van der Waals surface area contributed by atoms with Crippen molar-refractivity contribution in [3.05, 3.63) is 76.1 Å². The predicted octanol–water partition coefficient (Wildman–Crippen LogP) is 3.63. The van der Waals surface area contributed by atoms with E-state index in [1.807, 2.05) is 28.8 Å². The number of rotatable bonds is 10. The van der Waals surface area contributed by atoms with Crippen LogP contribution in [0.1, 0.15) is 11.4 Å². The molecular formula is C21H21IN6O2S. The lowest BCUT2D eigenvalue weighted by molar-refractivity contribution is -0.118. The second kappa shape index (κ2) is 11.5. The highest BCUT2D eigenvalue weighted by atomic mass is 127. The average Bonchev–Trinajstić information content (AvgIpc) is 3.14. The number of hydrogen-bond acceptors (Lipinski definition) is 7. The van der Waals surface area contributed by atoms with Crippen molar-refractivity contribution in [2.24, 2.45) is 5.10 Å². The smallest absolute Gasteiger partial charge is 0.250 e. The molecule has 0 aliphatic rings. The van der Waals surface area contributed by atoms with Gasteiger partial charge in [0, 0.05) is 15.8 Å². The zero-order valence-electron chi connectivity index (χ0n) is 16.5. The Morgan fingerprint density at radius 1 is 1.26 bits per heavy atom. The van der Waals surface area contributed by atoms with Crippen LogP contribution in [0.3, 0.4) is 0 Å². The Kier molecular flexibility index (Phi) is 8.47. The Bertz CT molecular complexity index is 1070. The van der Waals surface area contributed by atoms with Crippen molar-refractivity contribution in [3.8, 4) is 5.75 Å². The third-order valence-corrected chi connectivity index (χ3v) is 5.69. The summed E-state index contributed by atoms with van der Waals surface area (Å²) < 4.78 is 3.09. The van der Waals surface area contributed by atoms with Gasteiger partial charge in [-0.25, -0.2) is 5.43 Å². The topological polar surface area (TPSA) is 104 Å². The maximum atomic E-state index is 12.1. The van der Waals surface area contributed by atoms with Crippen molar-refractivity contribution in [1.82, 2.24) is 20.2 Å². The van der Waals surface area contributed by atoms with Gasteiger partial charge in [0.15, 0.2) is 11.0 Å². The molecule has 0 bridgehead atoms. The zero-order valence-corrected chi connectivity index (χ0v) is 19.5. The monoisotopic (exact) mass is 548 g/mol. The molecule has 2 aromatic carbocycles. The molecular weight excluding hydrogens is 527 g/mol. The number of hydrazone groups is 1. The summed E-state index contributed by atoms with van der Waals surface area (Å²) in [6.45, 7) is 4.83. The fourth-order valence-electron chi connectivity index (χ4n) is 2.56. The van der Waals surface area contributed by atoms with Gasteiger partial charge in [0.1, 0.15) is 5.75 Å². The second-order valence-corrected chi connectivity index (χ2v) is 8.52. The molecule has 0 aliphatic heterocycles. The summed E-state index contributed by atoms with van der Waals surface area (Å²) in [7, 11) is 0. The predicted molar refractivity (Wildman–Crippen MR) is 131 cm³/mol. The molecule has 0 atom stereocenters. The number of benzene rings is 2. The van der Waals surface area contributed by atoms with Gasteiger partial charge >= 0.3 is 0 Å². The SMILES string of the molecule is C=CCn1c(CNc2ccc(I)cc2)nnc1SCC(=O)N/N=C\c1cccc(O)c1. The van der Waals surface area contributed by atoms with E-state index >= 15 is 0 Å². The molecule has 0 radical (unpaired) electrons. The van der Waals surface area contributed by atoms with Crippen LogP contribution in [0.4, 0.5) is 5.69 Å². The van der Waals surface area contributed by atoms with Crippen molar-refractivity contribution in [3.63, 3.8) is 0 Å². The van der Waals surface area contributed by atoms with Crippen LogP contribution in [0.2, 0.25) is 0 Å². The van der Waals surface area contributed by atoms with E-state index in [9.17, 15) is 9.90 Å². The molecule has 0 saturated carbocycles. The molecule has 3 aromatic rings. The van der Waals surface area contributed by atoms with Gasteiger partial charge in [0.2, 0.25) is 0 Å². The highest BCUT2D eigenvalue weighted by molar-refractivity contribution is 14.1. The van der Waals surface area contributed by atoms with Crippen LogP contribution in [0.25, 0.3) is 0 Å². The van der Waals surface area contributed by atoms with E-state index < -0.39 is 0 Å². The lowest BCUT2D eigenvalue weighted by Crippen LogP contribution is -2.20. The number of carbonyl (C=O) groups is 1. The van der Waals surface area contributed by atoms with Gasteiger partial charge in [-0.15, -0.1) is 16.8 Å². The first-order valence-corrected chi connectivity index (χ1v) is 11.4. The summed E-state index contributed by atoms with van der Waals surface area (Å²) in [5, 5.41) is 25.8. The Labute approximate surface area is 198 Å². The number of phenolic OH excluding ortho intramolecular Hbond substituents is 1. The standard InChI is InChI=1S/C21H21IN6O2S/c1-2-10-28-19(13-23-17-8-6-16(22)7-9-17)25-27-21(28)31-14-20(30)26-24-12-15-4-3-5-18(29)11-15/h2-9,11-12,23,29H,1,10,13-14H2,(H,26,30)/b24-12-. The highest BCUT2D eigenvalue weighted by Crippen LogP contribution is 2.18. The van der Waals surface area contributed by atoms with Crippen LogP contribution in [0.15, 0.2) is 71.4 Å². The Morgan fingerprint density at radius 3 is 2.81 bits per heavy atom. The summed E-state index contributed by atoms with van der Waals surface area (Å²) in [6, 6.07) is 14.7. The fraction of sp³-hybridized carbons (Fsp3) is 0.143. The number of nitrogens with zero attached hydrogens (tertiary/aromatic N) is 4. The molecule has 3 N–H and O–H groups in total.